The summed E-state index contributed by atoms with van der Waals surface area (Å²) < 4.78 is 45.7. The normalized spacial score (nSPS) is 19.4. The first-order chi connectivity index (χ1) is 18.2. The van der Waals surface area contributed by atoms with Crippen molar-refractivity contribution in [1.29, 1.82) is 0 Å². The molecule has 2 atom stereocenters. The van der Waals surface area contributed by atoms with Gasteiger partial charge < -0.3 is 19.5 Å². The number of ether oxygens (including phenoxy) is 3. The number of likely N-dealkylation sites (tertiary alicyclic amines) is 1. The second kappa shape index (κ2) is 10.6. The van der Waals surface area contributed by atoms with Crippen LogP contribution in [0.5, 0.6) is 11.5 Å². The molecule has 0 amide bonds. The molecular weight excluding hydrogens is 490 g/mol. The summed E-state index contributed by atoms with van der Waals surface area (Å²) in [6.07, 6.45) is 2.25. The molecule has 204 valence electrons. The average Bonchev–Trinajstić information content (AvgIpc) is 3.28. The van der Waals surface area contributed by atoms with Crippen LogP contribution in [0, 0.1) is 13.8 Å². The largest absolute Gasteiger partial charge is 0.493 e. The molecule has 7 nitrogen and oxygen atoms in total. The van der Waals surface area contributed by atoms with E-state index in [9.17, 15) is 8.78 Å². The van der Waals surface area contributed by atoms with Crippen molar-refractivity contribution in [2.75, 3.05) is 38.8 Å². The predicted octanol–water partition coefficient (Wildman–Crippen LogP) is 5.78. The van der Waals surface area contributed by atoms with Gasteiger partial charge in [-0.1, -0.05) is 18.2 Å². The molecule has 0 bridgehead atoms. The Labute approximate surface area is 222 Å². The first kappa shape index (κ1) is 26.6. The Hall–Kier alpha value is -3.04. The van der Waals surface area contributed by atoms with Crippen LogP contribution >= 0.6 is 0 Å². The number of aryl methyl sites for hydroxylation is 1. The molecule has 5 rings (SSSR count). The number of nitrogens with one attached hydrogen (secondary N) is 1. The summed E-state index contributed by atoms with van der Waals surface area (Å²) in [5, 5.41) is 4.23. The lowest BCUT2D eigenvalue weighted by atomic mass is 9.94. The number of aromatic nitrogens is 2. The van der Waals surface area contributed by atoms with E-state index in [4.69, 9.17) is 14.2 Å². The van der Waals surface area contributed by atoms with Crippen LogP contribution in [0.15, 0.2) is 30.3 Å². The van der Waals surface area contributed by atoms with Gasteiger partial charge in [-0.05, 0) is 57.4 Å². The van der Waals surface area contributed by atoms with Gasteiger partial charge in [0.05, 0.1) is 37.9 Å². The minimum atomic E-state index is -2.92. The Morgan fingerprint density at radius 1 is 1.18 bits per heavy atom. The Kier molecular flexibility index (Phi) is 7.42. The van der Waals surface area contributed by atoms with Crippen molar-refractivity contribution in [1.82, 2.24) is 14.9 Å². The number of hydrogen-bond donors (Lipinski definition) is 1. The molecule has 1 aromatic heterocycles. The zero-order valence-electron chi connectivity index (χ0n) is 22.7. The fraction of sp³-hybridized carbons (Fsp3) is 0.517. The van der Waals surface area contributed by atoms with Gasteiger partial charge in [-0.3, -0.25) is 4.90 Å². The van der Waals surface area contributed by atoms with Crippen molar-refractivity contribution in [2.24, 2.45) is 0 Å². The van der Waals surface area contributed by atoms with Crippen molar-refractivity contribution in [3.63, 3.8) is 0 Å². The van der Waals surface area contributed by atoms with Crippen LogP contribution in [0.3, 0.4) is 0 Å². The number of anilines is 1. The van der Waals surface area contributed by atoms with Gasteiger partial charge in [0.15, 0.2) is 11.5 Å². The highest BCUT2D eigenvalue weighted by Gasteiger charge is 2.35. The molecule has 2 aromatic carbocycles. The number of rotatable bonds is 9. The topological polar surface area (TPSA) is 68.7 Å². The van der Waals surface area contributed by atoms with Gasteiger partial charge in [-0.15, -0.1) is 0 Å². The fourth-order valence-corrected chi connectivity index (χ4v) is 5.63. The lowest BCUT2D eigenvalue weighted by Gasteiger charge is -2.38. The van der Waals surface area contributed by atoms with Gasteiger partial charge >= 0.3 is 0 Å². The van der Waals surface area contributed by atoms with Crippen LogP contribution in [0.1, 0.15) is 55.2 Å². The molecule has 2 fully saturated rings. The predicted molar refractivity (Wildman–Crippen MR) is 143 cm³/mol. The third-order valence-corrected chi connectivity index (χ3v) is 7.70. The number of nitrogens with zero attached hydrogens (tertiary/aromatic N) is 3. The van der Waals surface area contributed by atoms with Crippen LogP contribution < -0.4 is 14.8 Å². The van der Waals surface area contributed by atoms with Gasteiger partial charge in [0.2, 0.25) is 0 Å². The van der Waals surface area contributed by atoms with Crippen LogP contribution in [0.2, 0.25) is 0 Å². The van der Waals surface area contributed by atoms with Crippen LogP contribution in [0.25, 0.3) is 10.9 Å². The maximum absolute atomic E-state index is 14.2. The molecule has 3 heterocycles. The molecule has 2 aliphatic heterocycles. The molecule has 9 heteroatoms. The number of fused-ring (bicyclic) bond motifs is 1. The van der Waals surface area contributed by atoms with E-state index in [1.54, 1.807) is 20.1 Å². The fourth-order valence-electron chi connectivity index (χ4n) is 5.63. The smallest absolute Gasteiger partial charge is 0.270 e. The van der Waals surface area contributed by atoms with E-state index in [1.807, 2.05) is 32.0 Å². The van der Waals surface area contributed by atoms with E-state index in [0.717, 1.165) is 56.0 Å². The lowest BCUT2D eigenvalue weighted by Crippen LogP contribution is -2.52. The zero-order valence-corrected chi connectivity index (χ0v) is 22.7. The number of alkyl halides is 2. The molecule has 0 spiro atoms. The lowest BCUT2D eigenvalue weighted by molar-refractivity contribution is -0.0732. The van der Waals surface area contributed by atoms with Crippen molar-refractivity contribution < 1.29 is 23.0 Å². The van der Waals surface area contributed by atoms with Gasteiger partial charge in [-0.2, -0.15) is 0 Å². The number of halogens is 2. The van der Waals surface area contributed by atoms with Crippen molar-refractivity contribution in [2.45, 2.75) is 64.6 Å². The molecule has 38 heavy (non-hydrogen) atoms. The third kappa shape index (κ3) is 5.27. The van der Waals surface area contributed by atoms with Gasteiger partial charge in [0.1, 0.15) is 18.2 Å². The summed E-state index contributed by atoms with van der Waals surface area (Å²) in [7, 11) is 1.62. The maximum atomic E-state index is 14.2. The molecule has 2 aliphatic rings. The number of methoxy groups -OCH3 is 1. The molecule has 1 N–H and O–H groups in total. The molecule has 3 aromatic rings. The second-order valence-electron chi connectivity index (χ2n) is 10.5. The Bertz CT molecular complexity index is 1310. The zero-order chi connectivity index (χ0) is 27.0. The Balaban J connectivity index is 1.43. The van der Waals surface area contributed by atoms with Gasteiger partial charge in [0, 0.05) is 30.0 Å². The van der Waals surface area contributed by atoms with Gasteiger partial charge in [-0.25, -0.2) is 18.7 Å². The van der Waals surface area contributed by atoms with E-state index < -0.39 is 5.92 Å². The van der Waals surface area contributed by atoms with Crippen molar-refractivity contribution >= 4 is 16.7 Å². The highest BCUT2D eigenvalue weighted by molar-refractivity contribution is 5.92. The first-order valence-corrected chi connectivity index (χ1v) is 13.2. The van der Waals surface area contributed by atoms with E-state index in [1.165, 1.54) is 6.07 Å². The molecule has 0 unspecified atom stereocenters. The minimum Gasteiger partial charge on any atom is -0.493 e. The molecule has 2 saturated heterocycles. The van der Waals surface area contributed by atoms with Crippen LogP contribution in [-0.4, -0.2) is 60.4 Å². The van der Waals surface area contributed by atoms with Gasteiger partial charge in [0.25, 0.3) is 5.92 Å². The van der Waals surface area contributed by atoms with Crippen LogP contribution in [0.4, 0.5) is 14.6 Å². The minimum absolute atomic E-state index is 0.0298. The first-order valence-electron chi connectivity index (χ1n) is 13.2. The van der Waals surface area contributed by atoms with Crippen molar-refractivity contribution in [3.05, 3.63) is 52.8 Å². The summed E-state index contributed by atoms with van der Waals surface area (Å²) >= 11 is 0. The summed E-state index contributed by atoms with van der Waals surface area (Å²) in [4.78, 5) is 11.8. The highest BCUT2D eigenvalue weighted by Crippen LogP contribution is 2.37. The summed E-state index contributed by atoms with van der Waals surface area (Å²) in [5.41, 5.74) is 2.11. The average molecular weight is 527 g/mol. The van der Waals surface area contributed by atoms with E-state index >= 15 is 0 Å². The summed E-state index contributed by atoms with van der Waals surface area (Å²) in [5.74, 6) is -0.461. The quantitative estimate of drug-likeness (QED) is 0.379. The number of hydrogen-bond acceptors (Lipinski definition) is 7. The Morgan fingerprint density at radius 2 is 1.97 bits per heavy atom. The maximum Gasteiger partial charge on any atom is 0.270 e. The standard InChI is InChI=1S/C29H36F2N4O3/c1-17-22(9-6-10-24(17)29(4,30)31)18(2)32-28-23-12-27(26(36-5)13-25(23)33-19(3)34-28)38-16-20-8-7-11-35(20)21-14-37-15-21/h6,9-10,12-13,18,20-21H,7-8,11,14-16H2,1-5H3,(H,32,33,34)/t18-,20+/m1/s1. The summed E-state index contributed by atoms with van der Waals surface area (Å²) in [6, 6.07) is 9.36. The number of benzene rings is 2. The van der Waals surface area contributed by atoms with E-state index in [0.29, 0.717) is 47.4 Å². The molecular formula is C29H36F2N4O3. The third-order valence-electron chi connectivity index (χ3n) is 7.70. The SMILES string of the molecule is COc1cc2nc(C)nc(N[C@H](C)c3cccc(C(C)(F)F)c3C)c2cc1OC[C@@H]1CCCN1C1COC1. The van der Waals surface area contributed by atoms with E-state index in [2.05, 4.69) is 20.2 Å². The van der Waals surface area contributed by atoms with Crippen molar-refractivity contribution in [3.8, 4) is 11.5 Å². The molecule has 0 aliphatic carbocycles. The Morgan fingerprint density at radius 3 is 2.66 bits per heavy atom. The summed E-state index contributed by atoms with van der Waals surface area (Å²) in [6.45, 7) is 9.65. The monoisotopic (exact) mass is 526 g/mol. The highest BCUT2D eigenvalue weighted by atomic mass is 19.3. The van der Waals surface area contributed by atoms with E-state index in [-0.39, 0.29) is 11.6 Å². The molecule has 0 saturated carbocycles. The second-order valence-corrected chi connectivity index (χ2v) is 10.5. The van der Waals surface area contributed by atoms with Crippen LogP contribution in [-0.2, 0) is 10.7 Å². The molecule has 0 radical (unpaired) electrons.